The van der Waals surface area contributed by atoms with E-state index in [2.05, 4.69) is 5.32 Å². The van der Waals surface area contributed by atoms with Gasteiger partial charge in [-0.2, -0.15) is 0 Å². The molecule has 0 aliphatic carbocycles. The Morgan fingerprint density at radius 3 is 1.89 bits per heavy atom. The molecular formula is C31H32N2O3S. The number of sulfonamides is 1. The van der Waals surface area contributed by atoms with Gasteiger partial charge in [-0.1, -0.05) is 90.5 Å². The van der Waals surface area contributed by atoms with E-state index in [1.807, 2.05) is 106 Å². The van der Waals surface area contributed by atoms with Crippen LogP contribution in [0.3, 0.4) is 0 Å². The Morgan fingerprint density at radius 2 is 1.32 bits per heavy atom. The van der Waals surface area contributed by atoms with Gasteiger partial charge in [0.15, 0.2) is 0 Å². The highest BCUT2D eigenvalue weighted by atomic mass is 32.2. The first kappa shape index (κ1) is 26.2. The van der Waals surface area contributed by atoms with Crippen molar-refractivity contribution in [3.63, 3.8) is 0 Å². The van der Waals surface area contributed by atoms with E-state index < -0.39 is 10.0 Å². The maximum absolute atomic E-state index is 13.3. The summed E-state index contributed by atoms with van der Waals surface area (Å²) >= 11 is 0. The number of carbonyl (C=O) groups excluding carboxylic acids is 1. The number of para-hydroxylation sites is 1. The largest absolute Gasteiger partial charge is 0.341 e. The first-order chi connectivity index (χ1) is 17.6. The molecule has 1 amide bonds. The van der Waals surface area contributed by atoms with Crippen LogP contribution in [-0.2, 0) is 16.6 Å². The van der Waals surface area contributed by atoms with E-state index in [4.69, 9.17) is 0 Å². The average molecular weight is 513 g/mol. The van der Waals surface area contributed by atoms with Gasteiger partial charge in [0, 0.05) is 5.56 Å². The Bertz CT molecular complexity index is 1460. The van der Waals surface area contributed by atoms with Gasteiger partial charge in [-0.15, -0.1) is 0 Å². The van der Waals surface area contributed by atoms with Gasteiger partial charge in [0.1, 0.15) is 0 Å². The predicted octanol–water partition coefficient (Wildman–Crippen LogP) is 6.10. The molecular weight excluding hydrogens is 480 g/mol. The van der Waals surface area contributed by atoms with Gasteiger partial charge < -0.3 is 5.32 Å². The number of nitrogens with one attached hydrogen (secondary N) is 1. The van der Waals surface area contributed by atoms with Crippen LogP contribution in [-0.4, -0.2) is 20.6 Å². The molecule has 0 aromatic heterocycles. The fraction of sp³-hybridized carbons (Fsp3) is 0.194. The third-order valence-corrected chi connectivity index (χ3v) is 7.56. The summed E-state index contributed by atoms with van der Waals surface area (Å²) in [6.07, 6.45) is 1.22. The van der Waals surface area contributed by atoms with Crippen molar-refractivity contribution in [1.29, 1.82) is 0 Å². The minimum atomic E-state index is -3.51. The minimum absolute atomic E-state index is 0.183. The van der Waals surface area contributed by atoms with Crippen LogP contribution in [0.4, 0.5) is 5.69 Å². The summed E-state index contributed by atoms with van der Waals surface area (Å²) in [5.41, 5.74) is 6.93. The van der Waals surface area contributed by atoms with Crippen LogP contribution in [0.1, 0.15) is 49.8 Å². The van der Waals surface area contributed by atoms with Crippen LogP contribution < -0.4 is 9.62 Å². The Balaban J connectivity index is 1.57. The summed E-state index contributed by atoms with van der Waals surface area (Å²) in [6, 6.07) is 30.6. The summed E-state index contributed by atoms with van der Waals surface area (Å²) in [4.78, 5) is 13.3. The molecule has 0 saturated heterocycles. The Morgan fingerprint density at radius 1 is 0.757 bits per heavy atom. The summed E-state index contributed by atoms with van der Waals surface area (Å²) in [7, 11) is -3.51. The maximum atomic E-state index is 13.3. The van der Waals surface area contributed by atoms with Crippen molar-refractivity contribution in [3.8, 4) is 0 Å². The zero-order valence-electron chi connectivity index (χ0n) is 21.6. The van der Waals surface area contributed by atoms with E-state index in [1.54, 1.807) is 12.1 Å². The highest BCUT2D eigenvalue weighted by molar-refractivity contribution is 7.92. The number of aryl methyl sites for hydroxylation is 3. The monoisotopic (exact) mass is 512 g/mol. The van der Waals surface area contributed by atoms with Crippen molar-refractivity contribution >= 4 is 21.6 Å². The van der Waals surface area contributed by atoms with Crippen LogP contribution >= 0.6 is 0 Å². The Kier molecular flexibility index (Phi) is 7.79. The number of carbonyl (C=O) groups is 1. The van der Waals surface area contributed by atoms with Crippen molar-refractivity contribution in [1.82, 2.24) is 5.32 Å². The van der Waals surface area contributed by atoms with E-state index in [0.717, 1.165) is 33.4 Å². The maximum Gasteiger partial charge on any atom is 0.252 e. The molecule has 0 bridgehead atoms. The number of anilines is 1. The molecule has 0 heterocycles. The van der Waals surface area contributed by atoms with Crippen LogP contribution in [0.5, 0.6) is 0 Å². The molecule has 0 saturated carbocycles. The molecule has 4 aromatic carbocycles. The Labute approximate surface area is 219 Å². The number of nitrogens with zero attached hydrogens (tertiary/aromatic N) is 1. The van der Waals surface area contributed by atoms with Crippen molar-refractivity contribution in [2.24, 2.45) is 0 Å². The second-order valence-corrected chi connectivity index (χ2v) is 11.3. The third-order valence-electron chi connectivity index (χ3n) is 6.45. The highest BCUT2D eigenvalue weighted by Crippen LogP contribution is 2.29. The molecule has 6 heteroatoms. The fourth-order valence-corrected chi connectivity index (χ4v) is 5.47. The van der Waals surface area contributed by atoms with Gasteiger partial charge >= 0.3 is 0 Å². The summed E-state index contributed by atoms with van der Waals surface area (Å²) in [5.74, 6) is -0.198. The molecule has 0 aliphatic rings. The van der Waals surface area contributed by atoms with E-state index >= 15 is 0 Å². The van der Waals surface area contributed by atoms with E-state index in [9.17, 15) is 13.2 Å². The molecule has 5 nitrogen and oxygen atoms in total. The van der Waals surface area contributed by atoms with Crippen molar-refractivity contribution < 1.29 is 13.2 Å². The molecule has 0 aliphatic heterocycles. The Hall–Kier alpha value is -3.90. The molecule has 0 radical (unpaired) electrons. The standard InChI is InChI=1S/C31H32N2O3S/c1-22-13-17-27(18-14-22)29(26-11-6-5-7-12-26)32-31(34)28-19-15-25(16-20-28)21-33(37(4,35)36)30-23(2)9-8-10-24(30)3/h5-20,29H,21H2,1-4H3,(H,32,34). The lowest BCUT2D eigenvalue weighted by molar-refractivity contribution is 0.0943. The SMILES string of the molecule is Cc1ccc(C(NC(=O)c2ccc(CN(c3c(C)cccc3C)S(C)(=O)=O)cc2)c2ccccc2)cc1. The molecule has 1 N–H and O–H groups in total. The summed E-state index contributed by atoms with van der Waals surface area (Å²) < 4.78 is 26.8. The van der Waals surface area contributed by atoms with Crippen LogP contribution in [0.15, 0.2) is 97.1 Å². The van der Waals surface area contributed by atoms with Gasteiger partial charge in [0.25, 0.3) is 5.91 Å². The molecule has 0 spiro atoms. The number of amides is 1. The van der Waals surface area contributed by atoms with Gasteiger partial charge in [-0.05, 0) is 60.7 Å². The molecule has 4 rings (SSSR count). The highest BCUT2D eigenvalue weighted by Gasteiger charge is 2.22. The quantitative estimate of drug-likeness (QED) is 0.310. The van der Waals surface area contributed by atoms with E-state index in [0.29, 0.717) is 11.3 Å². The number of rotatable bonds is 8. The minimum Gasteiger partial charge on any atom is -0.341 e. The smallest absolute Gasteiger partial charge is 0.252 e. The fourth-order valence-electron chi connectivity index (χ4n) is 4.47. The van der Waals surface area contributed by atoms with Gasteiger partial charge in [-0.25, -0.2) is 8.42 Å². The van der Waals surface area contributed by atoms with Gasteiger partial charge in [0.2, 0.25) is 10.0 Å². The molecule has 190 valence electrons. The van der Waals surface area contributed by atoms with E-state index in [-0.39, 0.29) is 18.5 Å². The first-order valence-corrected chi connectivity index (χ1v) is 14.0. The molecule has 0 fully saturated rings. The number of benzene rings is 4. The lowest BCUT2D eigenvalue weighted by atomic mass is 9.97. The lowest BCUT2D eigenvalue weighted by Crippen LogP contribution is -2.31. The molecule has 1 unspecified atom stereocenters. The third kappa shape index (κ3) is 6.27. The second-order valence-electron chi connectivity index (χ2n) is 9.43. The second kappa shape index (κ2) is 11.0. The summed E-state index contributed by atoms with van der Waals surface area (Å²) in [5, 5.41) is 3.17. The average Bonchev–Trinajstić information content (AvgIpc) is 2.87. The van der Waals surface area contributed by atoms with Crippen LogP contribution in [0, 0.1) is 20.8 Å². The predicted molar refractivity (Wildman–Crippen MR) is 150 cm³/mol. The van der Waals surface area contributed by atoms with Crippen molar-refractivity contribution in [3.05, 3.63) is 136 Å². The van der Waals surface area contributed by atoms with Gasteiger partial charge in [0.05, 0.1) is 24.5 Å². The molecule has 37 heavy (non-hydrogen) atoms. The normalized spacial score (nSPS) is 12.1. The lowest BCUT2D eigenvalue weighted by Gasteiger charge is -2.26. The van der Waals surface area contributed by atoms with E-state index in [1.165, 1.54) is 10.6 Å². The number of hydrogen-bond donors (Lipinski definition) is 1. The zero-order valence-corrected chi connectivity index (χ0v) is 22.4. The summed E-state index contributed by atoms with van der Waals surface area (Å²) in [6.45, 7) is 6.03. The topological polar surface area (TPSA) is 66.5 Å². The zero-order chi connectivity index (χ0) is 26.6. The van der Waals surface area contributed by atoms with Crippen LogP contribution in [0.25, 0.3) is 0 Å². The van der Waals surface area contributed by atoms with Crippen molar-refractivity contribution in [2.75, 3.05) is 10.6 Å². The molecule has 4 aromatic rings. The first-order valence-electron chi connectivity index (χ1n) is 12.2. The number of hydrogen-bond acceptors (Lipinski definition) is 3. The van der Waals surface area contributed by atoms with Crippen molar-refractivity contribution in [2.45, 2.75) is 33.4 Å². The van der Waals surface area contributed by atoms with Crippen LogP contribution in [0.2, 0.25) is 0 Å². The molecule has 1 atom stereocenters. The van der Waals surface area contributed by atoms with Gasteiger partial charge in [-0.3, -0.25) is 9.10 Å².